The predicted molar refractivity (Wildman–Crippen MR) is 103 cm³/mol. The number of esters is 1. The molecule has 0 amide bonds. The standard InChI is InChI=1S/C21H23BrO3/c1-2-7-20(23)25-21-18-9-4-3-8-16(18)17-11-10-15(14-19(17)21)24-13-6-5-12-22/h3-4,8-11,14,21H,2,5-7,12-13H2,1H3. The van der Waals surface area contributed by atoms with Crippen LogP contribution in [0.2, 0.25) is 0 Å². The Balaban J connectivity index is 1.85. The maximum atomic E-state index is 12.1. The van der Waals surface area contributed by atoms with Gasteiger partial charge in [-0.15, -0.1) is 0 Å². The molecule has 2 aromatic carbocycles. The summed E-state index contributed by atoms with van der Waals surface area (Å²) in [5, 5.41) is 0.991. The van der Waals surface area contributed by atoms with Gasteiger partial charge in [0.2, 0.25) is 0 Å². The van der Waals surface area contributed by atoms with E-state index in [2.05, 4.69) is 28.1 Å². The zero-order valence-electron chi connectivity index (χ0n) is 14.5. The van der Waals surface area contributed by atoms with Crippen LogP contribution in [0.3, 0.4) is 0 Å². The highest BCUT2D eigenvalue weighted by molar-refractivity contribution is 9.09. The molecule has 1 atom stereocenters. The van der Waals surface area contributed by atoms with Gasteiger partial charge in [0.05, 0.1) is 6.61 Å². The number of carbonyl (C=O) groups is 1. The lowest BCUT2D eigenvalue weighted by Gasteiger charge is -2.16. The zero-order valence-corrected chi connectivity index (χ0v) is 16.1. The van der Waals surface area contributed by atoms with Crippen LogP contribution >= 0.6 is 15.9 Å². The molecule has 0 N–H and O–H groups in total. The molecule has 1 unspecified atom stereocenters. The highest BCUT2D eigenvalue weighted by Gasteiger charge is 2.31. The molecule has 2 aromatic rings. The second kappa shape index (κ2) is 8.52. The summed E-state index contributed by atoms with van der Waals surface area (Å²) in [6.07, 6.45) is 3.00. The van der Waals surface area contributed by atoms with Gasteiger partial charge in [-0.05, 0) is 42.5 Å². The van der Waals surface area contributed by atoms with E-state index in [1.807, 2.05) is 37.3 Å². The average Bonchev–Trinajstić information content (AvgIpc) is 2.93. The molecule has 0 bridgehead atoms. The number of benzene rings is 2. The number of alkyl halides is 1. The summed E-state index contributed by atoms with van der Waals surface area (Å²) in [6.45, 7) is 2.67. The first-order chi connectivity index (χ1) is 12.2. The molecule has 0 aliphatic heterocycles. The molecule has 0 radical (unpaired) electrons. The lowest BCUT2D eigenvalue weighted by Crippen LogP contribution is -2.10. The number of carbonyl (C=O) groups excluding carboxylic acids is 1. The summed E-state index contributed by atoms with van der Waals surface area (Å²) >= 11 is 3.43. The summed E-state index contributed by atoms with van der Waals surface area (Å²) in [6, 6.07) is 14.2. The first-order valence-electron chi connectivity index (χ1n) is 8.86. The molecular weight excluding hydrogens is 380 g/mol. The molecule has 4 heteroatoms. The molecule has 0 saturated carbocycles. The van der Waals surface area contributed by atoms with Gasteiger partial charge < -0.3 is 9.47 Å². The Morgan fingerprint density at radius 1 is 1.08 bits per heavy atom. The van der Waals surface area contributed by atoms with Crippen LogP contribution in [0.25, 0.3) is 11.1 Å². The summed E-state index contributed by atoms with van der Waals surface area (Å²) in [4.78, 5) is 12.1. The van der Waals surface area contributed by atoms with Crippen molar-refractivity contribution in [3.8, 4) is 16.9 Å². The van der Waals surface area contributed by atoms with Gasteiger partial charge in [-0.1, -0.05) is 53.2 Å². The van der Waals surface area contributed by atoms with Gasteiger partial charge in [0.15, 0.2) is 6.10 Å². The first-order valence-corrected chi connectivity index (χ1v) is 9.98. The maximum Gasteiger partial charge on any atom is 0.306 e. The summed E-state index contributed by atoms with van der Waals surface area (Å²) in [7, 11) is 0. The third-order valence-electron chi connectivity index (χ3n) is 4.34. The number of unbranched alkanes of at least 4 members (excludes halogenated alkanes) is 1. The monoisotopic (exact) mass is 402 g/mol. The van der Waals surface area contributed by atoms with E-state index in [1.54, 1.807) is 0 Å². The van der Waals surface area contributed by atoms with Crippen molar-refractivity contribution in [2.24, 2.45) is 0 Å². The zero-order chi connectivity index (χ0) is 17.6. The normalized spacial score (nSPS) is 14.7. The van der Waals surface area contributed by atoms with E-state index in [0.717, 1.165) is 52.6 Å². The number of halogens is 1. The van der Waals surface area contributed by atoms with Gasteiger partial charge in [-0.25, -0.2) is 0 Å². The van der Waals surface area contributed by atoms with Crippen molar-refractivity contribution >= 4 is 21.9 Å². The Labute approximate surface area is 157 Å². The molecule has 0 fully saturated rings. The van der Waals surface area contributed by atoms with E-state index >= 15 is 0 Å². The van der Waals surface area contributed by atoms with Crippen LogP contribution in [0, 0.1) is 0 Å². The fourth-order valence-electron chi connectivity index (χ4n) is 3.14. The topological polar surface area (TPSA) is 35.5 Å². The molecule has 0 spiro atoms. The van der Waals surface area contributed by atoms with Gasteiger partial charge in [-0.2, -0.15) is 0 Å². The van der Waals surface area contributed by atoms with Crippen LogP contribution in [0.5, 0.6) is 5.75 Å². The van der Waals surface area contributed by atoms with Crippen LogP contribution in [-0.2, 0) is 9.53 Å². The van der Waals surface area contributed by atoms with E-state index in [1.165, 1.54) is 0 Å². The highest BCUT2D eigenvalue weighted by atomic mass is 79.9. The van der Waals surface area contributed by atoms with Gasteiger partial charge in [0.1, 0.15) is 5.75 Å². The molecule has 1 aliphatic carbocycles. The Bertz CT molecular complexity index is 742. The maximum absolute atomic E-state index is 12.1. The first kappa shape index (κ1) is 18.0. The van der Waals surface area contributed by atoms with E-state index in [0.29, 0.717) is 13.0 Å². The summed E-state index contributed by atoms with van der Waals surface area (Å²) in [5.41, 5.74) is 4.33. The molecule has 3 nitrogen and oxygen atoms in total. The lowest BCUT2D eigenvalue weighted by molar-refractivity contribution is -0.147. The molecule has 0 aromatic heterocycles. The van der Waals surface area contributed by atoms with E-state index in [-0.39, 0.29) is 12.1 Å². The van der Waals surface area contributed by atoms with Crippen molar-refractivity contribution in [1.29, 1.82) is 0 Å². The minimum Gasteiger partial charge on any atom is -0.494 e. The largest absolute Gasteiger partial charge is 0.494 e. The number of fused-ring (bicyclic) bond motifs is 3. The quantitative estimate of drug-likeness (QED) is 0.324. The van der Waals surface area contributed by atoms with Crippen molar-refractivity contribution in [1.82, 2.24) is 0 Å². The Morgan fingerprint density at radius 2 is 1.88 bits per heavy atom. The molecular formula is C21H23BrO3. The van der Waals surface area contributed by atoms with Gasteiger partial charge in [-0.3, -0.25) is 4.79 Å². The number of rotatable bonds is 8. The van der Waals surface area contributed by atoms with E-state index in [9.17, 15) is 4.79 Å². The third-order valence-corrected chi connectivity index (χ3v) is 4.90. The van der Waals surface area contributed by atoms with Crippen molar-refractivity contribution < 1.29 is 14.3 Å². The van der Waals surface area contributed by atoms with Crippen LogP contribution in [0.15, 0.2) is 42.5 Å². The molecule has 3 rings (SSSR count). The van der Waals surface area contributed by atoms with Crippen LogP contribution in [0.4, 0.5) is 0 Å². The predicted octanol–water partition coefficient (Wildman–Crippen LogP) is 5.65. The van der Waals surface area contributed by atoms with Crippen molar-refractivity contribution in [3.63, 3.8) is 0 Å². The van der Waals surface area contributed by atoms with E-state index in [4.69, 9.17) is 9.47 Å². The van der Waals surface area contributed by atoms with Gasteiger partial charge in [0.25, 0.3) is 0 Å². The van der Waals surface area contributed by atoms with Gasteiger partial charge >= 0.3 is 5.97 Å². The Kier molecular flexibility index (Phi) is 6.14. The molecule has 1 aliphatic rings. The lowest BCUT2D eigenvalue weighted by atomic mass is 10.1. The molecule has 25 heavy (non-hydrogen) atoms. The smallest absolute Gasteiger partial charge is 0.306 e. The third kappa shape index (κ3) is 4.06. The fourth-order valence-corrected chi connectivity index (χ4v) is 3.54. The minimum atomic E-state index is -0.337. The molecule has 0 heterocycles. The van der Waals surface area contributed by atoms with Crippen molar-refractivity contribution in [2.75, 3.05) is 11.9 Å². The average molecular weight is 403 g/mol. The van der Waals surface area contributed by atoms with Crippen molar-refractivity contribution in [2.45, 2.75) is 38.7 Å². The van der Waals surface area contributed by atoms with Gasteiger partial charge in [0, 0.05) is 22.9 Å². The minimum absolute atomic E-state index is 0.154. The number of hydrogen-bond acceptors (Lipinski definition) is 3. The van der Waals surface area contributed by atoms with Crippen LogP contribution in [-0.4, -0.2) is 17.9 Å². The molecule has 132 valence electrons. The van der Waals surface area contributed by atoms with Crippen LogP contribution in [0.1, 0.15) is 49.8 Å². The number of ether oxygens (including phenoxy) is 2. The van der Waals surface area contributed by atoms with Crippen LogP contribution < -0.4 is 4.74 Å². The Hall–Kier alpha value is -1.81. The van der Waals surface area contributed by atoms with Crippen molar-refractivity contribution in [3.05, 3.63) is 53.6 Å². The fraction of sp³-hybridized carbons (Fsp3) is 0.381. The number of hydrogen-bond donors (Lipinski definition) is 0. The Morgan fingerprint density at radius 3 is 2.68 bits per heavy atom. The highest BCUT2D eigenvalue weighted by Crippen LogP contribution is 2.46. The van der Waals surface area contributed by atoms with E-state index < -0.39 is 0 Å². The second-order valence-corrected chi connectivity index (χ2v) is 6.99. The summed E-state index contributed by atoms with van der Waals surface area (Å²) in [5.74, 6) is 0.677. The molecule has 0 saturated heterocycles. The summed E-state index contributed by atoms with van der Waals surface area (Å²) < 4.78 is 11.7. The SMILES string of the molecule is CCCC(=O)OC1c2ccccc2-c2ccc(OCCCCBr)cc21. The second-order valence-electron chi connectivity index (χ2n) is 6.20.